The van der Waals surface area contributed by atoms with Crippen molar-refractivity contribution in [2.75, 3.05) is 0 Å². The van der Waals surface area contributed by atoms with E-state index in [0.717, 1.165) is 5.56 Å². The molecule has 0 nitrogen and oxygen atoms in total. The molecule has 0 aliphatic heterocycles. The van der Waals surface area contributed by atoms with E-state index in [1.807, 2.05) is 30.3 Å². The molecule has 1 aromatic rings. The van der Waals surface area contributed by atoms with Gasteiger partial charge < -0.3 is 17.3 Å². The quantitative estimate of drug-likeness (QED) is 0.347. The number of hydrogen-bond acceptors (Lipinski definition) is 0. The Balaban J connectivity index is 0. The zero-order valence-electron chi connectivity index (χ0n) is 9.89. The Morgan fingerprint density at radius 1 is 1.21 bits per heavy atom. The molecule has 0 spiro atoms. The summed E-state index contributed by atoms with van der Waals surface area (Å²) in [5.74, 6) is 0. The molecule has 3 heteroatoms. The molecule has 0 saturated carbocycles. The van der Waals surface area contributed by atoms with Crippen LogP contribution in [0.2, 0.25) is 19.6 Å². The van der Waals surface area contributed by atoms with Crippen LogP contribution in [0.3, 0.4) is 0 Å². The summed E-state index contributed by atoms with van der Waals surface area (Å²) in [6.07, 6.45) is 2.05. The molecule has 0 aliphatic carbocycles. The third kappa shape index (κ3) is 7.75. The molecule has 0 amide bonds. The molecule has 0 N–H and O–H groups in total. The van der Waals surface area contributed by atoms with Crippen LogP contribution >= 0.6 is 0 Å². The summed E-state index contributed by atoms with van der Waals surface area (Å²) in [5.41, 5.74) is 4.55. The van der Waals surface area contributed by atoms with E-state index in [-0.39, 0.29) is 37.7 Å². The average molecular weight is 188 g/mol. The van der Waals surface area contributed by atoms with Gasteiger partial charge in [0, 0.05) is 0 Å². The molecule has 0 saturated heterocycles. The fourth-order valence-corrected chi connectivity index (χ4v) is 1.38. The first kappa shape index (κ1) is 16.8. The van der Waals surface area contributed by atoms with E-state index in [4.69, 9.17) is 0 Å². The summed E-state index contributed by atoms with van der Waals surface area (Å²) in [6.45, 7) is 6.81. The van der Waals surface area contributed by atoms with Crippen LogP contribution in [0.1, 0.15) is 5.56 Å². The zero-order chi connectivity index (χ0) is 9.03. The van der Waals surface area contributed by atoms with Crippen LogP contribution < -0.4 is 37.7 Å². The van der Waals surface area contributed by atoms with Crippen LogP contribution in [0.4, 0.5) is 0 Å². The maximum Gasteiger partial charge on any atom is 1.00 e. The van der Waals surface area contributed by atoms with E-state index in [0.29, 0.717) is 0 Å². The van der Waals surface area contributed by atoms with Crippen molar-refractivity contribution in [2.24, 2.45) is 0 Å². The Hall–Kier alpha value is 0.372. The monoisotopic (exact) mass is 188 g/mol. The van der Waals surface area contributed by atoms with Gasteiger partial charge in [0.1, 0.15) is 0 Å². The molecule has 0 aliphatic rings. The summed E-state index contributed by atoms with van der Waals surface area (Å²) in [5, 5.41) is 0. The Kier molecular flexibility index (Phi) is 9.16. The molecule has 1 aromatic carbocycles. The van der Waals surface area contributed by atoms with Gasteiger partial charge in [0.15, 0.2) is 0 Å². The summed E-state index contributed by atoms with van der Waals surface area (Å²) in [4.78, 5) is 0. The molecule has 0 radical (unpaired) electrons. The normalized spacial score (nSPS) is 10.5. The zero-order valence-corrected chi connectivity index (χ0v) is 10.9. The van der Waals surface area contributed by atoms with Gasteiger partial charge in [0.2, 0.25) is 0 Å². The molecule has 64 valence electrons. The van der Waals surface area contributed by atoms with Crippen LogP contribution in [0.5, 0.6) is 0 Å². The van der Waals surface area contributed by atoms with E-state index in [2.05, 4.69) is 31.4 Å². The van der Waals surface area contributed by atoms with E-state index in [9.17, 15) is 0 Å². The van der Waals surface area contributed by atoms with Crippen LogP contribution in [0, 0.1) is 11.8 Å². The SMILES string of the molecule is C[Si](C)(C)[C-]=Cc1[c-]cccc1.[Li+].[Li+]. The number of rotatable bonds is 2. The van der Waals surface area contributed by atoms with Crippen molar-refractivity contribution in [3.63, 3.8) is 0 Å². The summed E-state index contributed by atoms with van der Waals surface area (Å²) in [6, 6.07) is 11.1. The Bertz CT molecular complexity index is 262. The van der Waals surface area contributed by atoms with E-state index in [1.165, 1.54) is 0 Å². The van der Waals surface area contributed by atoms with Crippen molar-refractivity contribution in [3.05, 3.63) is 41.6 Å². The minimum absolute atomic E-state index is 0. The van der Waals surface area contributed by atoms with E-state index >= 15 is 0 Å². The van der Waals surface area contributed by atoms with Crippen LogP contribution in [0.25, 0.3) is 6.08 Å². The van der Waals surface area contributed by atoms with Crippen molar-refractivity contribution >= 4 is 14.1 Å². The van der Waals surface area contributed by atoms with Gasteiger partial charge in [-0.3, -0.25) is 0 Å². The van der Waals surface area contributed by atoms with Crippen molar-refractivity contribution in [2.45, 2.75) is 19.6 Å². The second kappa shape index (κ2) is 7.64. The first-order valence-electron chi connectivity index (χ1n) is 4.15. The topological polar surface area (TPSA) is 0 Å². The van der Waals surface area contributed by atoms with Crippen LogP contribution in [-0.2, 0) is 0 Å². The minimum Gasteiger partial charge on any atom is -0.331 e. The third-order valence-electron chi connectivity index (χ3n) is 1.39. The van der Waals surface area contributed by atoms with Gasteiger partial charge in [0.05, 0.1) is 0 Å². The summed E-state index contributed by atoms with van der Waals surface area (Å²) >= 11 is 0. The molecular formula is C11H14Li2Si. The third-order valence-corrected chi connectivity index (χ3v) is 2.40. The second-order valence-corrected chi connectivity index (χ2v) is 8.65. The molecule has 0 atom stereocenters. The van der Waals surface area contributed by atoms with Crippen molar-refractivity contribution in [1.82, 2.24) is 0 Å². The molecule has 14 heavy (non-hydrogen) atoms. The van der Waals surface area contributed by atoms with Gasteiger partial charge in [0.25, 0.3) is 0 Å². The average Bonchev–Trinajstić information content (AvgIpc) is 2.02. The van der Waals surface area contributed by atoms with Gasteiger partial charge >= 0.3 is 37.7 Å². The number of hydrogen-bond donors (Lipinski definition) is 0. The van der Waals surface area contributed by atoms with Crippen molar-refractivity contribution in [3.8, 4) is 0 Å². The van der Waals surface area contributed by atoms with E-state index in [1.54, 1.807) is 0 Å². The molecule has 0 heterocycles. The fourth-order valence-electron chi connectivity index (χ4n) is 0.791. The fraction of sp³-hybridized carbons (Fsp3) is 0.273. The van der Waals surface area contributed by atoms with E-state index < -0.39 is 8.07 Å². The predicted octanol–water partition coefficient (Wildman–Crippen LogP) is -2.81. The number of benzene rings is 1. The largest absolute Gasteiger partial charge is 1.00 e. The van der Waals surface area contributed by atoms with Crippen LogP contribution in [0.15, 0.2) is 24.3 Å². The second-order valence-electron chi connectivity index (χ2n) is 3.86. The Labute approximate surface area is 113 Å². The Morgan fingerprint density at radius 3 is 2.29 bits per heavy atom. The van der Waals surface area contributed by atoms with Gasteiger partial charge in [-0.15, -0.1) is 6.07 Å². The van der Waals surface area contributed by atoms with Crippen molar-refractivity contribution in [1.29, 1.82) is 0 Å². The van der Waals surface area contributed by atoms with Gasteiger partial charge in [-0.1, -0.05) is 19.6 Å². The molecule has 1 rings (SSSR count). The Morgan fingerprint density at radius 2 is 1.86 bits per heavy atom. The molecule has 0 bridgehead atoms. The minimum atomic E-state index is -1.17. The van der Waals surface area contributed by atoms with Gasteiger partial charge in [-0.25, -0.2) is 12.1 Å². The molecule has 0 unspecified atom stereocenters. The standard InChI is InChI=1S/C11H14Si.2Li/c1-12(2,3)10-9-11-7-5-4-6-8-11;;/h4-7,9H,1-3H3;;/q-2;2*+1. The van der Waals surface area contributed by atoms with Gasteiger partial charge in [-0.05, 0) is 8.07 Å². The molecule has 0 aromatic heterocycles. The maximum atomic E-state index is 3.42. The first-order valence-corrected chi connectivity index (χ1v) is 7.65. The van der Waals surface area contributed by atoms with Gasteiger partial charge in [-0.2, -0.15) is 12.1 Å². The smallest absolute Gasteiger partial charge is 0.331 e. The predicted molar refractivity (Wildman–Crippen MR) is 56.3 cm³/mol. The van der Waals surface area contributed by atoms with Crippen molar-refractivity contribution < 1.29 is 37.7 Å². The first-order chi connectivity index (χ1) is 5.58. The summed E-state index contributed by atoms with van der Waals surface area (Å²) < 4.78 is 0. The molecule has 0 fully saturated rings. The summed E-state index contributed by atoms with van der Waals surface area (Å²) in [7, 11) is -1.17. The van der Waals surface area contributed by atoms with Crippen LogP contribution in [-0.4, -0.2) is 8.07 Å². The maximum absolute atomic E-state index is 3.42. The molecular weight excluding hydrogens is 174 g/mol.